The van der Waals surface area contributed by atoms with Crippen molar-refractivity contribution in [2.24, 2.45) is 11.8 Å². The number of aromatic hydroxyl groups is 1. The Morgan fingerprint density at radius 2 is 1.73 bits per heavy atom. The van der Waals surface area contributed by atoms with Gasteiger partial charge < -0.3 is 20.6 Å². The molecule has 2 heterocycles. The van der Waals surface area contributed by atoms with Crippen LogP contribution in [0.15, 0.2) is 42.5 Å². The number of carbonyl (C=O) groups is 2. The van der Waals surface area contributed by atoms with Crippen LogP contribution in [0.1, 0.15) is 48.8 Å². The van der Waals surface area contributed by atoms with Crippen LogP contribution in [-0.4, -0.2) is 66.0 Å². The molecule has 0 spiro atoms. The molecule has 1 unspecified atom stereocenters. The van der Waals surface area contributed by atoms with Crippen molar-refractivity contribution >= 4 is 17.5 Å². The largest absolute Gasteiger partial charge is 0.508 e. The molecule has 2 saturated heterocycles. The molecule has 0 radical (unpaired) electrons. The number of carbonyl (C=O) groups excluding carboxylic acids is 2. The van der Waals surface area contributed by atoms with Gasteiger partial charge in [-0.15, -0.1) is 0 Å². The number of benzene rings is 2. The normalized spacial score (nSPS) is 24.1. The number of phenolic OH excluding ortho intramolecular Hbond substituents is 1. The lowest BCUT2D eigenvalue weighted by molar-refractivity contribution is -0.130. The number of nitrogens with one attached hydrogen (secondary N) is 2. The minimum absolute atomic E-state index is 0.0151. The molecule has 3 aliphatic rings. The Bertz CT molecular complexity index is 1100. The number of anilines is 1. The molecule has 2 aliphatic heterocycles. The summed E-state index contributed by atoms with van der Waals surface area (Å²) in [7, 11) is 2.16. The van der Waals surface area contributed by atoms with Gasteiger partial charge in [0.2, 0.25) is 11.8 Å². The Morgan fingerprint density at radius 1 is 0.973 bits per heavy atom. The third kappa shape index (κ3) is 6.51. The van der Waals surface area contributed by atoms with Crippen LogP contribution in [0.5, 0.6) is 5.75 Å². The molecule has 3 N–H and O–H groups in total. The molecule has 1 aliphatic carbocycles. The molecule has 7 nitrogen and oxygen atoms in total. The predicted octanol–water partition coefficient (Wildman–Crippen LogP) is 3.56. The maximum atomic E-state index is 13.4. The van der Waals surface area contributed by atoms with Gasteiger partial charge in [0.1, 0.15) is 5.75 Å². The monoisotopic (exact) mass is 504 g/mol. The average Bonchev–Trinajstić information content (AvgIpc) is 3.53. The summed E-state index contributed by atoms with van der Waals surface area (Å²) >= 11 is 0. The van der Waals surface area contributed by atoms with Gasteiger partial charge in [-0.1, -0.05) is 18.2 Å². The third-order valence-corrected chi connectivity index (χ3v) is 8.42. The number of hydrogen-bond donors (Lipinski definition) is 3. The van der Waals surface area contributed by atoms with E-state index < -0.39 is 0 Å². The zero-order valence-corrected chi connectivity index (χ0v) is 21.9. The van der Waals surface area contributed by atoms with E-state index in [9.17, 15) is 14.7 Å². The summed E-state index contributed by atoms with van der Waals surface area (Å²) < 4.78 is 0. The number of rotatable bonds is 8. The van der Waals surface area contributed by atoms with Gasteiger partial charge >= 0.3 is 0 Å². The van der Waals surface area contributed by atoms with Crippen LogP contribution < -0.4 is 10.6 Å². The highest BCUT2D eigenvalue weighted by Crippen LogP contribution is 2.28. The molecule has 0 aromatic heterocycles. The maximum absolute atomic E-state index is 13.4. The van der Waals surface area contributed by atoms with E-state index in [4.69, 9.17) is 0 Å². The number of fused-ring (bicyclic) bond motifs is 1. The molecule has 5 rings (SSSR count). The summed E-state index contributed by atoms with van der Waals surface area (Å²) in [5.74, 6) is -0.233. The average molecular weight is 505 g/mol. The fraction of sp³-hybridized carbons (Fsp3) is 0.533. The lowest BCUT2D eigenvalue weighted by Crippen LogP contribution is -2.49. The molecule has 7 heteroatoms. The number of nitrogens with zero attached hydrogens (tertiary/aromatic N) is 2. The highest BCUT2D eigenvalue weighted by Gasteiger charge is 2.35. The van der Waals surface area contributed by atoms with Crippen molar-refractivity contribution in [1.29, 1.82) is 0 Å². The summed E-state index contributed by atoms with van der Waals surface area (Å²) in [6.07, 6.45) is 7.31. The summed E-state index contributed by atoms with van der Waals surface area (Å²) in [6.45, 7) is 3.68. The molecule has 0 saturated carbocycles. The van der Waals surface area contributed by atoms with E-state index in [1.807, 2.05) is 18.2 Å². The van der Waals surface area contributed by atoms with Gasteiger partial charge in [0.25, 0.3) is 0 Å². The minimum atomic E-state index is -0.268. The van der Waals surface area contributed by atoms with Gasteiger partial charge in [-0.3, -0.25) is 14.5 Å². The van der Waals surface area contributed by atoms with Gasteiger partial charge in [-0.05, 0) is 99.5 Å². The van der Waals surface area contributed by atoms with Crippen LogP contribution in [0.4, 0.5) is 5.69 Å². The van der Waals surface area contributed by atoms with Crippen molar-refractivity contribution in [3.8, 4) is 5.75 Å². The second-order valence-corrected chi connectivity index (χ2v) is 11.2. The molecule has 37 heavy (non-hydrogen) atoms. The molecule has 2 amide bonds. The Balaban J connectivity index is 1.23. The van der Waals surface area contributed by atoms with Crippen molar-refractivity contribution in [3.63, 3.8) is 0 Å². The molecule has 198 valence electrons. The number of amides is 2. The van der Waals surface area contributed by atoms with Crippen molar-refractivity contribution in [2.45, 2.75) is 57.5 Å². The van der Waals surface area contributed by atoms with Crippen molar-refractivity contribution in [2.75, 3.05) is 38.5 Å². The summed E-state index contributed by atoms with van der Waals surface area (Å²) in [6, 6.07) is 14.0. The summed E-state index contributed by atoms with van der Waals surface area (Å²) in [5.41, 5.74) is 4.63. The van der Waals surface area contributed by atoms with Gasteiger partial charge in [0, 0.05) is 37.9 Å². The predicted molar refractivity (Wildman–Crippen MR) is 145 cm³/mol. The zero-order chi connectivity index (χ0) is 25.8. The second kappa shape index (κ2) is 11.7. The highest BCUT2D eigenvalue weighted by molar-refractivity contribution is 5.93. The fourth-order valence-electron chi connectivity index (χ4n) is 6.30. The van der Waals surface area contributed by atoms with Gasteiger partial charge in [0.15, 0.2) is 0 Å². The van der Waals surface area contributed by atoms with Gasteiger partial charge in [-0.25, -0.2) is 0 Å². The molecular weight excluding hydrogens is 464 g/mol. The Morgan fingerprint density at radius 3 is 2.49 bits per heavy atom. The first-order valence-corrected chi connectivity index (χ1v) is 13.9. The quantitative estimate of drug-likeness (QED) is 0.512. The van der Waals surface area contributed by atoms with Gasteiger partial charge in [0.05, 0.1) is 11.8 Å². The third-order valence-electron chi connectivity index (χ3n) is 8.42. The molecule has 2 fully saturated rings. The summed E-state index contributed by atoms with van der Waals surface area (Å²) in [5, 5.41) is 16.0. The molecule has 2 aromatic carbocycles. The Labute approximate surface area is 220 Å². The lowest BCUT2D eigenvalue weighted by atomic mass is 9.87. The summed E-state index contributed by atoms with van der Waals surface area (Å²) in [4.78, 5) is 31.2. The lowest BCUT2D eigenvalue weighted by Gasteiger charge is -2.36. The van der Waals surface area contributed by atoms with Crippen LogP contribution >= 0.6 is 0 Å². The number of likely N-dealkylation sites (tertiary alicyclic amines) is 2. The molecule has 0 bridgehead atoms. The van der Waals surface area contributed by atoms with Gasteiger partial charge in [-0.2, -0.15) is 0 Å². The minimum Gasteiger partial charge on any atom is -0.508 e. The highest BCUT2D eigenvalue weighted by atomic mass is 16.3. The van der Waals surface area contributed by atoms with Crippen LogP contribution in [-0.2, 0) is 29.0 Å². The number of hydrogen-bond acceptors (Lipinski definition) is 5. The smallest absolute Gasteiger partial charge is 0.228 e. The van der Waals surface area contributed by atoms with Crippen LogP contribution in [0.3, 0.4) is 0 Å². The molecular formula is C30H40N4O3. The standard InChI is InChI=1S/C30H40N4O3/c1-33-15-3-6-27(33)13-14-31-29(36)24-16-25(20-34(19-24)18-21-7-11-28(35)12-8-21)30(37)32-26-10-9-22-4-2-5-23(22)17-26/h7-12,17,24-25,27,35H,2-6,13-16,18-20H2,1H3,(H,31,36)(H,32,37)/t24-,25+,27?/m0/s1. The van der Waals surface area contributed by atoms with Crippen molar-refractivity contribution in [1.82, 2.24) is 15.1 Å². The Hall–Kier alpha value is -2.90. The second-order valence-electron chi connectivity index (χ2n) is 11.2. The maximum Gasteiger partial charge on any atom is 0.228 e. The first-order valence-electron chi connectivity index (χ1n) is 13.9. The van der Waals surface area contributed by atoms with Crippen LogP contribution in [0.2, 0.25) is 0 Å². The van der Waals surface area contributed by atoms with E-state index in [1.165, 1.54) is 30.4 Å². The van der Waals surface area contributed by atoms with E-state index in [0.717, 1.165) is 37.1 Å². The van der Waals surface area contributed by atoms with E-state index in [0.29, 0.717) is 38.6 Å². The zero-order valence-electron chi connectivity index (χ0n) is 21.9. The van der Waals surface area contributed by atoms with E-state index in [2.05, 4.69) is 39.6 Å². The van der Waals surface area contributed by atoms with E-state index in [-0.39, 0.29) is 29.4 Å². The van der Waals surface area contributed by atoms with Crippen LogP contribution in [0, 0.1) is 11.8 Å². The fourth-order valence-corrected chi connectivity index (χ4v) is 6.30. The molecule has 3 atom stereocenters. The van der Waals surface area contributed by atoms with Crippen LogP contribution in [0.25, 0.3) is 0 Å². The van der Waals surface area contributed by atoms with E-state index in [1.54, 1.807) is 12.1 Å². The number of phenols is 1. The van der Waals surface area contributed by atoms with Crippen molar-refractivity contribution < 1.29 is 14.7 Å². The number of aryl methyl sites for hydroxylation is 2. The Kier molecular flexibility index (Phi) is 8.11. The first kappa shape index (κ1) is 25.7. The van der Waals surface area contributed by atoms with Crippen molar-refractivity contribution in [3.05, 3.63) is 59.2 Å². The first-order chi connectivity index (χ1) is 17.9. The SMILES string of the molecule is CN1CCCC1CCNC(=O)[C@H]1C[C@@H](C(=O)Nc2ccc3c(c2)CCC3)CN(Cc2ccc(O)cc2)C1. The molecule has 2 aromatic rings. The topological polar surface area (TPSA) is 84.9 Å². The van der Waals surface area contributed by atoms with E-state index >= 15 is 0 Å². The number of piperidine rings is 1.